The number of ketones is 1. The fourth-order valence-electron chi connectivity index (χ4n) is 1.96. The second-order valence-corrected chi connectivity index (χ2v) is 4.25. The first-order chi connectivity index (χ1) is 8.74. The minimum atomic E-state index is -0.374. The molecule has 0 amide bonds. The van der Waals surface area contributed by atoms with E-state index in [0.717, 1.165) is 11.3 Å². The average Bonchev–Trinajstić information content (AvgIpc) is 2.41. The third kappa shape index (κ3) is 2.89. The van der Waals surface area contributed by atoms with Crippen molar-refractivity contribution >= 4 is 5.78 Å². The van der Waals surface area contributed by atoms with Gasteiger partial charge in [0.1, 0.15) is 11.9 Å². The minimum absolute atomic E-state index is 0.108. The maximum absolute atomic E-state index is 11.3. The normalized spacial score (nSPS) is 22.7. The van der Waals surface area contributed by atoms with Crippen LogP contribution < -0.4 is 4.74 Å². The topological polar surface area (TPSA) is 44.8 Å². The summed E-state index contributed by atoms with van der Waals surface area (Å²) in [5.41, 5.74) is 1.03. The Hall–Kier alpha value is -1.39. The third-order valence-corrected chi connectivity index (χ3v) is 3.00. The molecule has 18 heavy (non-hydrogen) atoms. The number of ether oxygens (including phenoxy) is 3. The quantitative estimate of drug-likeness (QED) is 0.774. The van der Waals surface area contributed by atoms with Gasteiger partial charge in [-0.05, 0) is 24.6 Å². The van der Waals surface area contributed by atoms with Gasteiger partial charge in [-0.15, -0.1) is 0 Å². The van der Waals surface area contributed by atoms with Crippen molar-refractivity contribution in [3.63, 3.8) is 0 Å². The average molecular weight is 250 g/mol. The highest BCUT2D eigenvalue weighted by atomic mass is 16.5. The molecule has 1 aliphatic carbocycles. The predicted octanol–water partition coefficient (Wildman–Crippen LogP) is 1.96. The van der Waals surface area contributed by atoms with Gasteiger partial charge in [-0.3, -0.25) is 4.79 Å². The molecule has 1 aromatic carbocycles. The Kier molecular flexibility index (Phi) is 4.33. The second kappa shape index (κ2) is 5.98. The van der Waals surface area contributed by atoms with Crippen LogP contribution in [-0.4, -0.2) is 31.7 Å². The molecule has 1 aliphatic rings. The summed E-state index contributed by atoms with van der Waals surface area (Å²) >= 11 is 0. The summed E-state index contributed by atoms with van der Waals surface area (Å²) < 4.78 is 16.2. The highest BCUT2D eigenvalue weighted by Crippen LogP contribution is 2.24. The minimum Gasteiger partial charge on any atom is -0.497 e. The summed E-state index contributed by atoms with van der Waals surface area (Å²) in [5.74, 6) is 0.939. The molecule has 1 aromatic rings. The Morgan fingerprint density at radius 3 is 2.83 bits per heavy atom. The molecule has 98 valence electrons. The number of hydrogen-bond acceptors (Lipinski definition) is 4. The molecule has 2 atom stereocenters. The van der Waals surface area contributed by atoms with Crippen LogP contribution in [0.5, 0.6) is 5.75 Å². The maximum atomic E-state index is 11.3. The lowest BCUT2D eigenvalue weighted by molar-refractivity contribution is -0.166. The van der Waals surface area contributed by atoms with E-state index in [-0.39, 0.29) is 18.0 Å². The molecule has 1 saturated carbocycles. The first-order valence-corrected chi connectivity index (χ1v) is 6.13. The van der Waals surface area contributed by atoms with E-state index in [1.165, 1.54) is 0 Å². The van der Waals surface area contributed by atoms with Crippen molar-refractivity contribution in [3.05, 3.63) is 29.8 Å². The molecule has 1 fully saturated rings. The van der Waals surface area contributed by atoms with Gasteiger partial charge >= 0.3 is 0 Å². The summed E-state index contributed by atoms with van der Waals surface area (Å²) in [7, 11) is 1.63. The van der Waals surface area contributed by atoms with Gasteiger partial charge in [0.15, 0.2) is 5.78 Å². The predicted molar refractivity (Wildman–Crippen MR) is 66.6 cm³/mol. The first kappa shape index (κ1) is 13.1. The number of rotatable bonds is 6. The highest BCUT2D eigenvalue weighted by molar-refractivity contribution is 5.90. The standard InChI is InChI=1S/C14H18O4/c1-3-17-14-12(15)8-13(14)18-9-10-5-4-6-11(7-10)16-2/h4-7,13-14H,3,8-9H2,1-2H3. The van der Waals surface area contributed by atoms with E-state index in [1.807, 2.05) is 31.2 Å². The first-order valence-electron chi connectivity index (χ1n) is 6.13. The number of carbonyl (C=O) groups excluding carboxylic acids is 1. The van der Waals surface area contributed by atoms with E-state index in [2.05, 4.69) is 0 Å². The summed E-state index contributed by atoms with van der Waals surface area (Å²) in [6.45, 7) is 2.89. The molecular formula is C14H18O4. The van der Waals surface area contributed by atoms with E-state index in [1.54, 1.807) is 7.11 Å². The van der Waals surface area contributed by atoms with Crippen LogP contribution in [-0.2, 0) is 20.9 Å². The Morgan fingerprint density at radius 2 is 2.17 bits per heavy atom. The van der Waals surface area contributed by atoms with Crippen LogP contribution in [0, 0.1) is 0 Å². The number of hydrogen-bond donors (Lipinski definition) is 0. The molecule has 0 aliphatic heterocycles. The van der Waals surface area contributed by atoms with Gasteiger partial charge in [-0.2, -0.15) is 0 Å². The Morgan fingerprint density at radius 1 is 1.33 bits per heavy atom. The van der Waals surface area contributed by atoms with Crippen LogP contribution in [0.3, 0.4) is 0 Å². The Labute approximate surface area is 107 Å². The van der Waals surface area contributed by atoms with Crippen molar-refractivity contribution in [1.29, 1.82) is 0 Å². The highest BCUT2D eigenvalue weighted by Gasteiger charge is 2.41. The maximum Gasteiger partial charge on any atom is 0.166 e. The molecule has 0 N–H and O–H groups in total. The fraction of sp³-hybridized carbons (Fsp3) is 0.500. The molecule has 2 unspecified atom stereocenters. The SMILES string of the molecule is CCOC1C(=O)CC1OCc1cccc(OC)c1. The molecule has 0 aromatic heterocycles. The zero-order valence-corrected chi connectivity index (χ0v) is 10.7. The van der Waals surface area contributed by atoms with Crippen LogP contribution in [0.4, 0.5) is 0 Å². The number of carbonyl (C=O) groups is 1. The number of Topliss-reactive ketones (excluding diaryl/α,β-unsaturated/α-hetero) is 1. The van der Waals surface area contributed by atoms with Gasteiger partial charge in [-0.25, -0.2) is 0 Å². The Balaban J connectivity index is 1.86. The molecular weight excluding hydrogens is 232 g/mol. The number of methoxy groups -OCH3 is 1. The third-order valence-electron chi connectivity index (χ3n) is 3.00. The lowest BCUT2D eigenvalue weighted by Crippen LogP contribution is -2.50. The zero-order valence-electron chi connectivity index (χ0n) is 10.7. The van der Waals surface area contributed by atoms with E-state index in [9.17, 15) is 4.79 Å². The lowest BCUT2D eigenvalue weighted by Gasteiger charge is -2.34. The van der Waals surface area contributed by atoms with Crippen molar-refractivity contribution < 1.29 is 19.0 Å². The van der Waals surface area contributed by atoms with E-state index < -0.39 is 0 Å². The molecule has 4 heteroatoms. The van der Waals surface area contributed by atoms with Gasteiger partial charge < -0.3 is 14.2 Å². The van der Waals surface area contributed by atoms with Crippen LogP contribution >= 0.6 is 0 Å². The lowest BCUT2D eigenvalue weighted by atomic mass is 9.90. The number of benzene rings is 1. The molecule has 0 bridgehead atoms. The summed E-state index contributed by atoms with van der Waals surface area (Å²) in [5, 5.41) is 0. The van der Waals surface area contributed by atoms with Gasteiger partial charge in [0.25, 0.3) is 0 Å². The van der Waals surface area contributed by atoms with Gasteiger partial charge in [-0.1, -0.05) is 12.1 Å². The van der Waals surface area contributed by atoms with Crippen LogP contribution in [0.15, 0.2) is 24.3 Å². The smallest absolute Gasteiger partial charge is 0.166 e. The van der Waals surface area contributed by atoms with Crippen LogP contribution in [0.25, 0.3) is 0 Å². The molecule has 4 nitrogen and oxygen atoms in total. The van der Waals surface area contributed by atoms with Gasteiger partial charge in [0.05, 0.1) is 19.8 Å². The van der Waals surface area contributed by atoms with E-state index in [0.29, 0.717) is 19.6 Å². The van der Waals surface area contributed by atoms with Crippen molar-refractivity contribution in [2.45, 2.75) is 32.2 Å². The summed E-state index contributed by atoms with van der Waals surface area (Å²) in [4.78, 5) is 11.3. The molecule has 0 heterocycles. The van der Waals surface area contributed by atoms with E-state index in [4.69, 9.17) is 14.2 Å². The van der Waals surface area contributed by atoms with Crippen molar-refractivity contribution in [2.75, 3.05) is 13.7 Å². The van der Waals surface area contributed by atoms with Crippen LogP contribution in [0.1, 0.15) is 18.9 Å². The summed E-state index contributed by atoms with van der Waals surface area (Å²) in [6, 6.07) is 7.71. The van der Waals surface area contributed by atoms with Crippen molar-refractivity contribution in [3.8, 4) is 5.75 Å². The van der Waals surface area contributed by atoms with E-state index >= 15 is 0 Å². The molecule has 0 radical (unpaired) electrons. The molecule has 0 saturated heterocycles. The van der Waals surface area contributed by atoms with Crippen molar-refractivity contribution in [1.82, 2.24) is 0 Å². The fourth-order valence-corrected chi connectivity index (χ4v) is 1.96. The van der Waals surface area contributed by atoms with Gasteiger partial charge in [0.2, 0.25) is 0 Å². The monoisotopic (exact) mass is 250 g/mol. The largest absolute Gasteiger partial charge is 0.497 e. The summed E-state index contributed by atoms with van der Waals surface area (Å²) in [6.07, 6.45) is -0.0292. The zero-order chi connectivity index (χ0) is 13.0. The molecule has 2 rings (SSSR count). The van der Waals surface area contributed by atoms with Gasteiger partial charge in [0, 0.05) is 13.0 Å². The second-order valence-electron chi connectivity index (χ2n) is 4.25. The molecule has 0 spiro atoms. The Bertz CT molecular complexity index is 416. The van der Waals surface area contributed by atoms with Crippen LogP contribution in [0.2, 0.25) is 0 Å². The van der Waals surface area contributed by atoms with Crippen molar-refractivity contribution in [2.24, 2.45) is 0 Å².